The van der Waals surface area contributed by atoms with Crippen LogP contribution in [0, 0.1) is 13.8 Å². The first-order chi connectivity index (χ1) is 5.74. The van der Waals surface area contributed by atoms with E-state index in [4.69, 9.17) is 0 Å². The van der Waals surface area contributed by atoms with Crippen molar-refractivity contribution in [3.63, 3.8) is 0 Å². The monoisotopic (exact) mass is 159 g/mol. The minimum absolute atomic E-state index is 1.02. The lowest BCUT2D eigenvalue weighted by Crippen LogP contribution is -1.77. The van der Waals surface area contributed by atoms with Crippen LogP contribution in [0.25, 0.3) is 0 Å². The first-order valence-corrected chi connectivity index (χ1v) is 3.96. The van der Waals surface area contributed by atoms with Crippen LogP contribution in [0.4, 0.5) is 5.69 Å². The van der Waals surface area contributed by atoms with E-state index in [1.807, 2.05) is 0 Å². The van der Waals surface area contributed by atoms with Crippen LogP contribution in [0.2, 0.25) is 0 Å². The molecule has 0 aromatic heterocycles. The first kappa shape index (κ1) is 8.72. The van der Waals surface area contributed by atoms with Crippen molar-refractivity contribution in [2.45, 2.75) is 13.8 Å². The zero-order valence-corrected chi connectivity index (χ0v) is 7.54. The Morgan fingerprint density at radius 1 is 1.33 bits per heavy atom. The molecule has 0 fully saturated rings. The average molecular weight is 159 g/mol. The lowest BCUT2D eigenvalue weighted by molar-refractivity contribution is 1.36. The van der Waals surface area contributed by atoms with Crippen LogP contribution in [0.5, 0.6) is 0 Å². The van der Waals surface area contributed by atoms with Crippen molar-refractivity contribution in [3.8, 4) is 0 Å². The third-order valence-electron chi connectivity index (χ3n) is 1.68. The summed E-state index contributed by atoms with van der Waals surface area (Å²) in [5.74, 6) is 0. The highest BCUT2D eigenvalue weighted by atomic mass is 14.7. The minimum atomic E-state index is 1.02. The van der Waals surface area contributed by atoms with Gasteiger partial charge in [0.15, 0.2) is 0 Å². The summed E-state index contributed by atoms with van der Waals surface area (Å²) in [6.07, 6.45) is 3.39. The van der Waals surface area contributed by atoms with Crippen molar-refractivity contribution in [2.75, 3.05) is 0 Å². The zero-order chi connectivity index (χ0) is 8.97. The SMILES string of the molecule is C=C/C=N\c1cc(C)ccc1C. The maximum Gasteiger partial charge on any atom is 0.0661 e. The summed E-state index contributed by atoms with van der Waals surface area (Å²) < 4.78 is 0. The summed E-state index contributed by atoms with van der Waals surface area (Å²) in [7, 11) is 0. The van der Waals surface area contributed by atoms with E-state index in [0.717, 1.165) is 5.69 Å². The molecule has 1 nitrogen and oxygen atoms in total. The standard InChI is InChI=1S/C11H13N/c1-4-7-12-11-8-9(2)5-6-10(11)3/h4-8H,1H2,2-3H3/b12-7-. The summed E-state index contributed by atoms with van der Waals surface area (Å²) >= 11 is 0. The number of rotatable bonds is 2. The molecule has 1 aromatic carbocycles. The van der Waals surface area contributed by atoms with Crippen LogP contribution < -0.4 is 0 Å². The Kier molecular flexibility index (Phi) is 2.81. The number of nitrogens with zero attached hydrogens (tertiary/aromatic N) is 1. The summed E-state index contributed by atoms with van der Waals surface area (Å²) in [6, 6.07) is 6.22. The van der Waals surface area contributed by atoms with E-state index in [-0.39, 0.29) is 0 Å². The fourth-order valence-electron chi connectivity index (χ4n) is 0.992. The number of aliphatic imine (C=N–C) groups is 1. The van der Waals surface area contributed by atoms with Crippen molar-refractivity contribution in [1.29, 1.82) is 0 Å². The number of hydrogen-bond acceptors (Lipinski definition) is 1. The van der Waals surface area contributed by atoms with E-state index < -0.39 is 0 Å². The molecule has 1 heteroatoms. The number of benzene rings is 1. The van der Waals surface area contributed by atoms with Gasteiger partial charge in [-0.05, 0) is 31.0 Å². The number of allylic oxidation sites excluding steroid dienone is 1. The van der Waals surface area contributed by atoms with Gasteiger partial charge in [0.05, 0.1) is 5.69 Å². The molecule has 0 aliphatic rings. The van der Waals surface area contributed by atoms with Gasteiger partial charge in [0, 0.05) is 6.21 Å². The van der Waals surface area contributed by atoms with Crippen LogP contribution in [-0.2, 0) is 0 Å². The van der Waals surface area contributed by atoms with Crippen molar-refractivity contribution in [1.82, 2.24) is 0 Å². The Morgan fingerprint density at radius 2 is 2.08 bits per heavy atom. The molecular formula is C11H13N. The fraction of sp³-hybridized carbons (Fsp3) is 0.182. The molecule has 12 heavy (non-hydrogen) atoms. The van der Waals surface area contributed by atoms with Gasteiger partial charge in [0.2, 0.25) is 0 Å². The average Bonchev–Trinajstić information content (AvgIpc) is 2.07. The van der Waals surface area contributed by atoms with Gasteiger partial charge in [-0.15, -0.1) is 0 Å². The molecule has 0 aliphatic heterocycles. The zero-order valence-electron chi connectivity index (χ0n) is 7.54. The Morgan fingerprint density at radius 3 is 2.75 bits per heavy atom. The van der Waals surface area contributed by atoms with Crippen molar-refractivity contribution in [2.24, 2.45) is 4.99 Å². The Balaban J connectivity index is 3.04. The molecule has 0 bridgehead atoms. The quantitative estimate of drug-likeness (QED) is 0.588. The number of hydrogen-bond donors (Lipinski definition) is 0. The van der Waals surface area contributed by atoms with Gasteiger partial charge in [-0.2, -0.15) is 0 Å². The van der Waals surface area contributed by atoms with Crippen LogP contribution in [0.15, 0.2) is 35.8 Å². The van der Waals surface area contributed by atoms with Gasteiger partial charge < -0.3 is 0 Å². The van der Waals surface area contributed by atoms with E-state index in [2.05, 4.69) is 43.6 Å². The molecule has 0 saturated heterocycles. The van der Waals surface area contributed by atoms with Crippen LogP contribution in [-0.4, -0.2) is 6.21 Å². The molecule has 1 aromatic rings. The molecule has 0 spiro atoms. The molecule has 0 unspecified atom stereocenters. The highest BCUT2D eigenvalue weighted by Crippen LogP contribution is 2.18. The summed E-state index contributed by atoms with van der Waals surface area (Å²) in [5, 5.41) is 0. The maximum absolute atomic E-state index is 4.24. The van der Waals surface area contributed by atoms with E-state index >= 15 is 0 Å². The normalized spacial score (nSPS) is 10.5. The summed E-state index contributed by atoms with van der Waals surface area (Å²) in [6.45, 7) is 7.69. The van der Waals surface area contributed by atoms with Crippen LogP contribution in [0.1, 0.15) is 11.1 Å². The van der Waals surface area contributed by atoms with Gasteiger partial charge in [0.1, 0.15) is 0 Å². The van der Waals surface area contributed by atoms with Gasteiger partial charge in [-0.3, -0.25) is 4.99 Å². The lowest BCUT2D eigenvalue weighted by Gasteiger charge is -1.99. The van der Waals surface area contributed by atoms with Gasteiger partial charge >= 0.3 is 0 Å². The molecule has 0 aliphatic carbocycles. The molecule has 0 atom stereocenters. The van der Waals surface area contributed by atoms with Gasteiger partial charge in [0.25, 0.3) is 0 Å². The molecule has 1 rings (SSSR count). The predicted octanol–water partition coefficient (Wildman–Crippen LogP) is 3.19. The second kappa shape index (κ2) is 3.86. The Labute approximate surface area is 73.5 Å². The van der Waals surface area contributed by atoms with Crippen LogP contribution in [0.3, 0.4) is 0 Å². The van der Waals surface area contributed by atoms with E-state index in [9.17, 15) is 0 Å². The Hall–Kier alpha value is -1.37. The summed E-state index contributed by atoms with van der Waals surface area (Å²) in [5.41, 5.74) is 3.45. The highest BCUT2D eigenvalue weighted by molar-refractivity contribution is 5.74. The second-order valence-corrected chi connectivity index (χ2v) is 2.80. The minimum Gasteiger partial charge on any atom is -0.257 e. The molecule has 62 valence electrons. The third kappa shape index (κ3) is 2.06. The fourth-order valence-corrected chi connectivity index (χ4v) is 0.992. The Bertz CT molecular complexity index is 311. The van der Waals surface area contributed by atoms with E-state index in [1.165, 1.54) is 11.1 Å². The van der Waals surface area contributed by atoms with Crippen molar-refractivity contribution >= 4 is 11.9 Å². The second-order valence-electron chi connectivity index (χ2n) is 2.80. The smallest absolute Gasteiger partial charge is 0.0661 e. The van der Waals surface area contributed by atoms with Crippen molar-refractivity contribution < 1.29 is 0 Å². The molecule has 0 N–H and O–H groups in total. The van der Waals surface area contributed by atoms with E-state index in [1.54, 1.807) is 12.3 Å². The first-order valence-electron chi connectivity index (χ1n) is 3.96. The molecule has 0 radical (unpaired) electrons. The van der Waals surface area contributed by atoms with Crippen LogP contribution >= 0.6 is 0 Å². The third-order valence-corrected chi connectivity index (χ3v) is 1.68. The molecule has 0 amide bonds. The lowest BCUT2D eigenvalue weighted by atomic mass is 10.1. The van der Waals surface area contributed by atoms with Gasteiger partial charge in [-0.1, -0.05) is 24.8 Å². The maximum atomic E-state index is 4.24. The largest absolute Gasteiger partial charge is 0.257 e. The molecule has 0 heterocycles. The van der Waals surface area contributed by atoms with E-state index in [0.29, 0.717) is 0 Å². The highest BCUT2D eigenvalue weighted by Gasteiger charge is 1.93. The number of aryl methyl sites for hydroxylation is 2. The van der Waals surface area contributed by atoms with Crippen molar-refractivity contribution in [3.05, 3.63) is 42.0 Å². The van der Waals surface area contributed by atoms with Gasteiger partial charge in [-0.25, -0.2) is 0 Å². The summed E-state index contributed by atoms with van der Waals surface area (Å²) in [4.78, 5) is 4.24. The molecule has 0 saturated carbocycles. The topological polar surface area (TPSA) is 12.4 Å². The molecular weight excluding hydrogens is 146 g/mol. The predicted molar refractivity (Wildman–Crippen MR) is 54.3 cm³/mol.